The van der Waals surface area contributed by atoms with E-state index in [1.807, 2.05) is 0 Å². The third-order valence-electron chi connectivity index (χ3n) is 4.39. The first kappa shape index (κ1) is 13.3. The van der Waals surface area contributed by atoms with Gasteiger partial charge < -0.3 is 0 Å². The van der Waals surface area contributed by atoms with Crippen LogP contribution in [0.4, 0.5) is 0 Å². The Morgan fingerprint density at radius 1 is 1.16 bits per heavy atom. The molecule has 1 aromatic carbocycles. The van der Waals surface area contributed by atoms with Crippen LogP contribution in [0, 0.1) is 0 Å². The van der Waals surface area contributed by atoms with Crippen molar-refractivity contribution in [3.05, 3.63) is 34.9 Å². The number of nitrogens with one attached hydrogen (secondary N) is 1. The summed E-state index contributed by atoms with van der Waals surface area (Å²) in [6, 6.07) is 7.59. The molecule has 0 unspecified atom stereocenters. The fourth-order valence-corrected chi connectivity index (χ4v) is 5.93. The van der Waals surface area contributed by atoms with Crippen molar-refractivity contribution < 1.29 is 0 Å². The lowest BCUT2D eigenvalue weighted by Crippen LogP contribution is -2.29. The third-order valence-corrected chi connectivity index (χ3v) is 6.80. The van der Waals surface area contributed by atoms with Crippen molar-refractivity contribution in [3.63, 3.8) is 0 Å². The summed E-state index contributed by atoms with van der Waals surface area (Å²) in [5.74, 6) is 0. The first-order chi connectivity index (χ1) is 9.06. The Hall–Kier alpha value is -0.730. The van der Waals surface area contributed by atoms with Crippen molar-refractivity contribution >= 4 is 16.3 Å². The van der Waals surface area contributed by atoms with Crippen molar-refractivity contribution in [2.75, 3.05) is 12.5 Å². The van der Waals surface area contributed by atoms with E-state index in [1.165, 1.54) is 36.8 Å². The maximum Gasteiger partial charge on any atom is 0.0160 e. The van der Waals surface area contributed by atoms with Crippen LogP contribution in [0.3, 0.4) is 0 Å². The minimum Gasteiger partial charge on any atom is -0.274 e. The lowest BCUT2D eigenvalue weighted by atomic mass is 10.1. The van der Waals surface area contributed by atoms with Gasteiger partial charge in [-0.1, -0.05) is 36.6 Å². The van der Waals surface area contributed by atoms with Gasteiger partial charge in [0.25, 0.3) is 0 Å². The molecule has 0 saturated heterocycles. The van der Waals surface area contributed by atoms with E-state index in [0.29, 0.717) is 0 Å². The van der Waals surface area contributed by atoms with Crippen LogP contribution in [-0.2, 0) is 6.42 Å². The van der Waals surface area contributed by atoms with E-state index in [1.54, 1.807) is 10.5 Å². The Bertz CT molecular complexity index is 510. The second kappa shape index (κ2) is 4.99. The van der Waals surface area contributed by atoms with Crippen molar-refractivity contribution in [2.45, 2.75) is 50.0 Å². The molecule has 2 aliphatic carbocycles. The van der Waals surface area contributed by atoms with E-state index in [4.69, 9.17) is 0 Å². The third kappa shape index (κ3) is 2.61. The van der Waals surface area contributed by atoms with Gasteiger partial charge >= 0.3 is 0 Å². The number of hydrogen-bond donors (Lipinski definition) is 1. The van der Waals surface area contributed by atoms with Gasteiger partial charge in [-0.3, -0.25) is 4.72 Å². The predicted molar refractivity (Wildman–Crippen MR) is 86.9 cm³/mol. The fraction of sp³-hybridized carbons (Fsp3) is 0.529. The highest BCUT2D eigenvalue weighted by molar-refractivity contribution is 8.31. The topological polar surface area (TPSA) is 12.0 Å². The highest BCUT2D eigenvalue weighted by Gasteiger charge is 2.26. The molecular weight excluding hydrogens is 250 g/mol. The predicted octanol–water partition coefficient (Wildman–Crippen LogP) is 4.52. The van der Waals surface area contributed by atoms with Gasteiger partial charge in [-0.25, -0.2) is 0 Å². The number of rotatable bonds is 3. The highest BCUT2D eigenvalue weighted by atomic mass is 32.3. The van der Waals surface area contributed by atoms with Crippen molar-refractivity contribution in [1.82, 2.24) is 4.72 Å². The summed E-state index contributed by atoms with van der Waals surface area (Å²) >= 11 is 0. The zero-order chi connectivity index (χ0) is 13.5. The molecular formula is C17H25NS. The Labute approximate surface area is 118 Å². The molecule has 3 rings (SSSR count). The molecule has 0 atom stereocenters. The standard InChI is InChI=1S/C17H25NS/c1-13-11-14-7-6-10-17(16(14)12-13)19(2,3)18-15-8-4-5-9-15/h6-7,10-11,15,18H,4-5,8-9,12H2,1-3H3. The molecule has 1 N–H and O–H groups in total. The number of allylic oxidation sites excluding steroid dienone is 1. The second-order valence-electron chi connectivity index (χ2n) is 6.42. The first-order valence-electron chi connectivity index (χ1n) is 7.36. The van der Waals surface area contributed by atoms with Crippen LogP contribution in [0.1, 0.15) is 43.7 Å². The van der Waals surface area contributed by atoms with Gasteiger partial charge in [0.2, 0.25) is 0 Å². The normalized spacial score (nSPS) is 20.5. The molecule has 1 aromatic rings. The van der Waals surface area contributed by atoms with Crippen molar-refractivity contribution in [1.29, 1.82) is 0 Å². The van der Waals surface area contributed by atoms with E-state index >= 15 is 0 Å². The molecule has 1 nitrogen and oxygen atoms in total. The molecule has 1 saturated carbocycles. The SMILES string of the molecule is CC1=Cc2cccc(S(C)(C)NC3CCCC3)c2C1. The van der Waals surface area contributed by atoms with Gasteiger partial charge in [0, 0.05) is 10.9 Å². The van der Waals surface area contributed by atoms with E-state index in [9.17, 15) is 0 Å². The lowest BCUT2D eigenvalue weighted by Gasteiger charge is -2.37. The largest absolute Gasteiger partial charge is 0.274 e. The zero-order valence-electron chi connectivity index (χ0n) is 12.3. The maximum atomic E-state index is 3.98. The molecule has 104 valence electrons. The van der Waals surface area contributed by atoms with Gasteiger partial charge in [-0.15, -0.1) is 0 Å². The lowest BCUT2D eigenvalue weighted by molar-refractivity contribution is 0.651. The van der Waals surface area contributed by atoms with E-state index in [0.717, 1.165) is 12.5 Å². The summed E-state index contributed by atoms with van der Waals surface area (Å²) in [5, 5.41) is 0. The molecule has 0 aromatic heterocycles. The Kier molecular flexibility index (Phi) is 3.48. The van der Waals surface area contributed by atoms with E-state index in [-0.39, 0.29) is 0 Å². The molecule has 0 radical (unpaired) electrons. The average Bonchev–Trinajstić information content (AvgIpc) is 2.95. The second-order valence-corrected chi connectivity index (χ2v) is 9.75. The molecule has 2 aliphatic rings. The quantitative estimate of drug-likeness (QED) is 0.855. The minimum absolute atomic E-state index is 0.747. The Morgan fingerprint density at radius 3 is 2.63 bits per heavy atom. The Balaban J connectivity index is 1.88. The monoisotopic (exact) mass is 275 g/mol. The Morgan fingerprint density at radius 2 is 1.89 bits per heavy atom. The molecule has 0 bridgehead atoms. The summed E-state index contributed by atoms with van der Waals surface area (Å²) in [6.45, 7) is 2.25. The van der Waals surface area contributed by atoms with Crippen LogP contribution >= 0.6 is 10.2 Å². The number of benzene rings is 1. The smallest absolute Gasteiger partial charge is 0.0160 e. The van der Waals surface area contributed by atoms with Gasteiger partial charge in [-0.2, -0.15) is 10.2 Å². The van der Waals surface area contributed by atoms with E-state index < -0.39 is 10.2 Å². The summed E-state index contributed by atoms with van der Waals surface area (Å²) in [7, 11) is -0.876. The summed E-state index contributed by atoms with van der Waals surface area (Å²) in [5.41, 5.74) is 4.52. The average molecular weight is 275 g/mol. The van der Waals surface area contributed by atoms with Gasteiger partial charge in [0.1, 0.15) is 0 Å². The molecule has 0 aliphatic heterocycles. The van der Waals surface area contributed by atoms with Gasteiger partial charge in [0.15, 0.2) is 0 Å². The number of hydrogen-bond acceptors (Lipinski definition) is 1. The van der Waals surface area contributed by atoms with Crippen molar-refractivity contribution in [3.8, 4) is 0 Å². The van der Waals surface area contributed by atoms with Crippen molar-refractivity contribution in [2.24, 2.45) is 0 Å². The summed E-state index contributed by atoms with van der Waals surface area (Å²) in [4.78, 5) is 1.57. The molecule has 1 fully saturated rings. The molecule has 2 heteroatoms. The fourth-order valence-electron chi connectivity index (χ4n) is 3.50. The zero-order valence-corrected chi connectivity index (χ0v) is 13.1. The first-order valence-corrected chi connectivity index (χ1v) is 9.81. The summed E-state index contributed by atoms with van der Waals surface area (Å²) < 4.78 is 3.98. The van der Waals surface area contributed by atoms with Crippen LogP contribution in [0.25, 0.3) is 6.08 Å². The molecule has 0 amide bonds. The minimum atomic E-state index is -0.876. The maximum absolute atomic E-state index is 3.98. The number of fused-ring (bicyclic) bond motifs is 1. The van der Waals surface area contributed by atoms with Crippen LogP contribution in [0.15, 0.2) is 28.7 Å². The van der Waals surface area contributed by atoms with Gasteiger partial charge in [-0.05, 0) is 55.9 Å². The highest BCUT2D eigenvalue weighted by Crippen LogP contribution is 2.50. The van der Waals surface area contributed by atoms with Crippen LogP contribution in [0.2, 0.25) is 0 Å². The van der Waals surface area contributed by atoms with E-state index in [2.05, 4.69) is 48.4 Å². The van der Waals surface area contributed by atoms with Crippen LogP contribution in [0.5, 0.6) is 0 Å². The molecule has 0 spiro atoms. The molecule has 19 heavy (non-hydrogen) atoms. The van der Waals surface area contributed by atoms with Crippen LogP contribution in [-0.4, -0.2) is 18.6 Å². The summed E-state index contributed by atoms with van der Waals surface area (Å²) in [6.07, 6.45) is 13.9. The van der Waals surface area contributed by atoms with Gasteiger partial charge in [0.05, 0.1) is 0 Å². The van der Waals surface area contributed by atoms with Crippen LogP contribution < -0.4 is 4.72 Å². The molecule has 0 heterocycles.